The van der Waals surface area contributed by atoms with E-state index in [4.69, 9.17) is 37.0 Å². The summed E-state index contributed by atoms with van der Waals surface area (Å²) < 4.78 is 69.0. The number of rotatable bonds is 87. The molecule has 3 N–H and O–H groups in total. The molecule has 0 amide bonds. The number of carbonyl (C=O) groups excluding carboxylic acids is 4. The number of aliphatic hydroxyl groups excluding tert-OH is 1. The lowest BCUT2D eigenvalue weighted by Crippen LogP contribution is -2.30. The molecule has 0 aliphatic rings. The first kappa shape index (κ1) is 105. The minimum Gasteiger partial charge on any atom is -0.462 e. The fourth-order valence-corrected chi connectivity index (χ4v) is 15.4. The molecular formula is C88H172O17P2. The van der Waals surface area contributed by atoms with Gasteiger partial charge in [0, 0.05) is 25.7 Å². The van der Waals surface area contributed by atoms with Crippen molar-refractivity contribution in [2.45, 2.75) is 490 Å². The fraction of sp³-hybridized carbons (Fsp3) is 0.955. The highest BCUT2D eigenvalue weighted by atomic mass is 31.2. The van der Waals surface area contributed by atoms with Crippen LogP contribution in [0.25, 0.3) is 0 Å². The Balaban J connectivity index is 5.23. The number of esters is 4. The van der Waals surface area contributed by atoms with Crippen LogP contribution in [0.1, 0.15) is 472 Å². The van der Waals surface area contributed by atoms with E-state index in [1.165, 1.54) is 289 Å². The normalized spacial score (nSPS) is 13.8. The Kier molecular flexibility index (Phi) is 77.9. The predicted octanol–water partition coefficient (Wildman–Crippen LogP) is 27.0. The topological polar surface area (TPSA) is 237 Å². The van der Waals surface area contributed by atoms with Gasteiger partial charge < -0.3 is 33.8 Å². The molecule has 0 heterocycles. The molecule has 0 aliphatic heterocycles. The minimum absolute atomic E-state index is 0.107. The van der Waals surface area contributed by atoms with E-state index in [0.717, 1.165) is 102 Å². The van der Waals surface area contributed by atoms with Gasteiger partial charge in [0.2, 0.25) is 0 Å². The van der Waals surface area contributed by atoms with Crippen LogP contribution in [0, 0.1) is 11.8 Å². The Bertz CT molecular complexity index is 2050. The molecule has 107 heavy (non-hydrogen) atoms. The zero-order valence-corrected chi connectivity index (χ0v) is 72.2. The molecule has 0 spiro atoms. The Morgan fingerprint density at radius 1 is 0.252 bits per heavy atom. The van der Waals surface area contributed by atoms with Gasteiger partial charge in [-0.25, -0.2) is 9.13 Å². The summed E-state index contributed by atoms with van der Waals surface area (Å²) >= 11 is 0. The Morgan fingerprint density at radius 2 is 0.430 bits per heavy atom. The van der Waals surface area contributed by atoms with Crippen molar-refractivity contribution >= 4 is 39.5 Å². The van der Waals surface area contributed by atoms with Gasteiger partial charge in [0.05, 0.1) is 26.4 Å². The van der Waals surface area contributed by atoms with E-state index in [-0.39, 0.29) is 25.7 Å². The van der Waals surface area contributed by atoms with Crippen molar-refractivity contribution in [3.8, 4) is 0 Å². The summed E-state index contributed by atoms with van der Waals surface area (Å²) in [6.45, 7) is 9.65. The molecule has 0 aromatic carbocycles. The summed E-state index contributed by atoms with van der Waals surface area (Å²) in [5.74, 6) is -0.599. The van der Waals surface area contributed by atoms with Crippen LogP contribution >= 0.6 is 15.6 Å². The van der Waals surface area contributed by atoms with Gasteiger partial charge in [-0.2, -0.15) is 0 Å². The predicted molar refractivity (Wildman–Crippen MR) is 442 cm³/mol. The number of phosphoric ester groups is 2. The summed E-state index contributed by atoms with van der Waals surface area (Å²) in [7, 11) is -9.93. The zero-order valence-electron chi connectivity index (χ0n) is 70.5. The molecule has 0 fully saturated rings. The van der Waals surface area contributed by atoms with Crippen LogP contribution in [-0.2, 0) is 65.4 Å². The summed E-state index contributed by atoms with van der Waals surface area (Å²) in [5.41, 5.74) is 0. The lowest BCUT2D eigenvalue weighted by molar-refractivity contribution is -0.161. The van der Waals surface area contributed by atoms with Gasteiger partial charge in [0.1, 0.15) is 19.3 Å². The van der Waals surface area contributed by atoms with E-state index >= 15 is 0 Å². The zero-order chi connectivity index (χ0) is 78.5. The van der Waals surface area contributed by atoms with Gasteiger partial charge in [0.15, 0.2) is 12.2 Å². The summed E-state index contributed by atoms with van der Waals surface area (Å²) in [6.07, 6.45) is 72.4. The maximum Gasteiger partial charge on any atom is 0.472 e. The third-order valence-corrected chi connectivity index (χ3v) is 22.6. The van der Waals surface area contributed by atoms with Crippen LogP contribution in [0.5, 0.6) is 0 Å². The molecule has 19 heteroatoms. The highest BCUT2D eigenvalue weighted by Gasteiger charge is 2.30. The molecule has 0 bridgehead atoms. The number of hydrogen-bond donors (Lipinski definition) is 3. The largest absolute Gasteiger partial charge is 0.472 e. The average Bonchev–Trinajstić information content (AvgIpc) is 0.924. The first-order valence-electron chi connectivity index (χ1n) is 45.5. The van der Waals surface area contributed by atoms with Crippen molar-refractivity contribution in [2.75, 3.05) is 39.6 Å². The molecule has 0 aliphatic carbocycles. The second-order valence-corrected chi connectivity index (χ2v) is 35.5. The molecule has 17 nitrogen and oxygen atoms in total. The summed E-state index contributed by atoms with van der Waals surface area (Å²) in [4.78, 5) is 73.3. The number of aliphatic hydroxyl groups is 1. The number of ether oxygens (including phenoxy) is 4. The second kappa shape index (κ2) is 79.3. The van der Waals surface area contributed by atoms with Gasteiger partial charge in [0.25, 0.3) is 0 Å². The lowest BCUT2D eigenvalue weighted by atomic mass is 10.0. The smallest absolute Gasteiger partial charge is 0.462 e. The molecule has 0 saturated heterocycles. The molecule has 0 radical (unpaired) electrons. The highest BCUT2D eigenvalue weighted by Crippen LogP contribution is 2.45. The van der Waals surface area contributed by atoms with Gasteiger partial charge >= 0.3 is 39.5 Å². The van der Waals surface area contributed by atoms with Crippen molar-refractivity contribution in [3.63, 3.8) is 0 Å². The molecule has 5 atom stereocenters. The monoisotopic (exact) mass is 1560 g/mol. The van der Waals surface area contributed by atoms with Crippen molar-refractivity contribution in [2.24, 2.45) is 11.8 Å². The van der Waals surface area contributed by atoms with Crippen molar-refractivity contribution in [1.82, 2.24) is 0 Å². The van der Waals surface area contributed by atoms with Crippen molar-refractivity contribution < 1.29 is 80.2 Å². The van der Waals surface area contributed by atoms with Crippen LogP contribution in [0.2, 0.25) is 0 Å². The SMILES string of the molecule is CCCCCCCCCCCCCCCCCCCCCCCC(=O)O[C@H](COC(=O)CCCCCCCCCCCCCCCCCCCCCC)COP(=O)(O)OC[C@@H](O)COP(=O)(O)OC[C@@H](COC(=O)CCCCCCCCCCC(C)C)OC(=O)CCCCCCCCCCCCCCC(C)C. The number of unbranched alkanes of at least 4 members (excludes halogenated alkanes) is 57. The molecule has 0 aromatic rings. The first-order valence-corrected chi connectivity index (χ1v) is 48.5. The van der Waals surface area contributed by atoms with E-state index in [0.29, 0.717) is 25.7 Å². The Labute approximate surface area is 658 Å². The second-order valence-electron chi connectivity index (χ2n) is 32.6. The third-order valence-electron chi connectivity index (χ3n) is 20.7. The molecule has 0 aromatic heterocycles. The summed E-state index contributed by atoms with van der Waals surface area (Å²) in [5, 5.41) is 10.7. The van der Waals surface area contributed by atoms with Gasteiger partial charge in [-0.3, -0.25) is 37.3 Å². The van der Waals surface area contributed by atoms with E-state index in [2.05, 4.69) is 41.5 Å². The third kappa shape index (κ3) is 81.9. The van der Waals surface area contributed by atoms with Gasteiger partial charge in [-0.15, -0.1) is 0 Å². The molecule has 0 saturated carbocycles. The van der Waals surface area contributed by atoms with E-state index in [1.54, 1.807) is 0 Å². The minimum atomic E-state index is -4.97. The molecular weight excluding hydrogens is 1390 g/mol. The van der Waals surface area contributed by atoms with Gasteiger partial charge in [-0.05, 0) is 37.5 Å². The van der Waals surface area contributed by atoms with Crippen LogP contribution in [0.3, 0.4) is 0 Å². The Morgan fingerprint density at radius 3 is 0.636 bits per heavy atom. The maximum atomic E-state index is 13.2. The summed E-state index contributed by atoms with van der Waals surface area (Å²) in [6, 6.07) is 0. The number of hydrogen-bond acceptors (Lipinski definition) is 15. The van der Waals surface area contributed by atoms with E-state index in [1.807, 2.05) is 0 Å². The lowest BCUT2D eigenvalue weighted by Gasteiger charge is -2.21. The average molecular weight is 1560 g/mol. The standard InChI is InChI=1S/C88H172O17P2/c1-7-9-11-13-15-17-19-21-23-25-27-29-31-33-35-37-42-46-54-60-66-72-87(92)104-83(76-98-85(90)70-64-58-52-45-41-36-34-32-30-28-26-24-22-20-18-16-14-12-10-8-2)78-102-106(94,95)100-74-82(89)75-101-107(96,97)103-79-84(77-99-86(91)71-65-59-53-49-48-51-57-63-69-81(5)6)105-88(93)73-67-61-55-47-43-39-38-40-44-50-56-62-68-80(3)4/h80-84,89H,7-79H2,1-6H3,(H,94,95)(H,96,97)/t82-,83-,84-/m1/s1. The van der Waals surface area contributed by atoms with Crippen LogP contribution in [-0.4, -0.2) is 96.7 Å². The quantitative estimate of drug-likeness (QED) is 0.0222. The van der Waals surface area contributed by atoms with Crippen molar-refractivity contribution in [1.29, 1.82) is 0 Å². The molecule has 636 valence electrons. The van der Waals surface area contributed by atoms with E-state index < -0.39 is 97.5 Å². The van der Waals surface area contributed by atoms with Crippen LogP contribution in [0.15, 0.2) is 0 Å². The number of carbonyl (C=O) groups is 4. The maximum absolute atomic E-state index is 13.2. The Hall–Kier alpha value is -1.94. The van der Waals surface area contributed by atoms with Crippen LogP contribution < -0.4 is 0 Å². The van der Waals surface area contributed by atoms with Gasteiger partial charge in [-0.1, -0.05) is 420 Å². The highest BCUT2D eigenvalue weighted by molar-refractivity contribution is 7.47. The van der Waals surface area contributed by atoms with E-state index in [9.17, 15) is 43.2 Å². The number of phosphoric acid groups is 2. The first-order chi connectivity index (χ1) is 51.9. The molecule has 0 rings (SSSR count). The van der Waals surface area contributed by atoms with Crippen LogP contribution in [0.4, 0.5) is 0 Å². The fourth-order valence-electron chi connectivity index (χ4n) is 13.8. The van der Waals surface area contributed by atoms with Crippen molar-refractivity contribution in [3.05, 3.63) is 0 Å². The molecule has 2 unspecified atom stereocenters.